The van der Waals surface area contributed by atoms with Crippen LogP contribution in [-0.2, 0) is 11.2 Å². The molecule has 1 aromatic heterocycles. The number of carbonyl (C=O) groups excluding carboxylic acids is 1. The summed E-state index contributed by atoms with van der Waals surface area (Å²) in [6, 6.07) is 8.62. The molecule has 216 valence electrons. The minimum atomic E-state index is -0.390. The van der Waals surface area contributed by atoms with Gasteiger partial charge >= 0.3 is 0 Å². The fourth-order valence-electron chi connectivity index (χ4n) is 10.0. The van der Waals surface area contributed by atoms with Gasteiger partial charge in [-0.2, -0.15) is 5.10 Å². The van der Waals surface area contributed by atoms with Crippen molar-refractivity contribution in [1.29, 1.82) is 0 Å². The number of Topliss-reactive ketones (excluding diaryl/α,β-unsaturated/α-hetero) is 1. The molecule has 6 rings (SSSR count). The first-order valence-electron chi connectivity index (χ1n) is 15.9. The summed E-state index contributed by atoms with van der Waals surface area (Å²) in [6.45, 7) is 14.5. The van der Waals surface area contributed by atoms with E-state index in [0.29, 0.717) is 30.0 Å². The third-order valence-corrected chi connectivity index (χ3v) is 12.5. The molecule has 2 N–H and O–H groups in total. The van der Waals surface area contributed by atoms with Crippen molar-refractivity contribution in [3.05, 3.63) is 47.3 Å². The van der Waals surface area contributed by atoms with Gasteiger partial charge in [0, 0.05) is 24.1 Å². The van der Waals surface area contributed by atoms with Gasteiger partial charge in [-0.3, -0.25) is 4.79 Å². The van der Waals surface area contributed by atoms with E-state index >= 15 is 0 Å². The van der Waals surface area contributed by atoms with Crippen LogP contribution in [0.25, 0.3) is 11.8 Å². The Labute approximate surface area is 240 Å². The number of hydrogen-bond acceptors (Lipinski definition) is 4. The average Bonchev–Trinajstić information content (AvgIpc) is 3.42. The maximum Gasteiger partial charge on any atom is 0.139 e. The number of aliphatic hydroxyl groups excluding tert-OH is 1. The number of aliphatic hydroxyl groups is 1. The molecule has 0 saturated heterocycles. The molecule has 40 heavy (non-hydrogen) atoms. The lowest BCUT2D eigenvalue weighted by Gasteiger charge is -2.61. The number of nitrogens with zero attached hydrogens (tertiary/aromatic N) is 2. The molecule has 5 nitrogen and oxygen atoms in total. The lowest BCUT2D eigenvalue weighted by Crippen LogP contribution is -2.59. The van der Waals surface area contributed by atoms with E-state index in [2.05, 4.69) is 81.2 Å². The number of benzene rings is 1. The van der Waals surface area contributed by atoms with Crippen LogP contribution in [0.5, 0.6) is 0 Å². The first-order valence-corrected chi connectivity index (χ1v) is 15.9. The fourth-order valence-corrected chi connectivity index (χ4v) is 10.0. The standard InChI is InChI=1S/C35H49N3O2/c1-7-9-16-36-25-11-13-26(14-12-25)38-29-18-24-10-15-27-28-17-22(3)35(6,31(40)8-2)34(28,5)20-30(39)32(27)33(24,4)19-23(29)21-37-38/h11-14,18,21-22,27-28,30,32,36,39H,7-10,15-17,19-20H2,1-6H3/t22-,27+,28+,30+,32-,33+,34+,35-/m1/s1. The third kappa shape index (κ3) is 3.82. The fraction of sp³-hybridized carbons (Fsp3) is 0.657. The van der Waals surface area contributed by atoms with Crippen LogP contribution in [-0.4, -0.2) is 33.3 Å². The number of ketones is 1. The molecule has 3 fully saturated rings. The number of anilines is 1. The Hall–Kier alpha value is -2.40. The Bertz CT molecular complexity index is 1310. The van der Waals surface area contributed by atoms with E-state index in [-0.39, 0.29) is 22.2 Å². The normalized spacial score (nSPS) is 38.1. The van der Waals surface area contributed by atoms with Crippen molar-refractivity contribution in [2.45, 2.75) is 99.0 Å². The summed E-state index contributed by atoms with van der Waals surface area (Å²) in [5.74, 6) is 1.91. The highest BCUT2D eigenvalue weighted by atomic mass is 16.3. The van der Waals surface area contributed by atoms with E-state index < -0.39 is 6.10 Å². The van der Waals surface area contributed by atoms with Crippen molar-refractivity contribution >= 4 is 17.5 Å². The van der Waals surface area contributed by atoms with Crippen LogP contribution in [0.1, 0.15) is 97.7 Å². The predicted molar refractivity (Wildman–Crippen MR) is 162 cm³/mol. The van der Waals surface area contributed by atoms with Crippen molar-refractivity contribution in [2.24, 2.45) is 39.9 Å². The number of carbonyl (C=O) groups is 1. The van der Waals surface area contributed by atoms with Gasteiger partial charge < -0.3 is 10.4 Å². The Morgan fingerprint density at radius 3 is 2.62 bits per heavy atom. The largest absolute Gasteiger partial charge is 0.393 e. The molecule has 4 aliphatic carbocycles. The molecular weight excluding hydrogens is 494 g/mol. The van der Waals surface area contributed by atoms with Gasteiger partial charge in [0.1, 0.15) is 5.78 Å². The Balaban J connectivity index is 1.30. The van der Waals surface area contributed by atoms with Gasteiger partial charge in [0.15, 0.2) is 0 Å². The van der Waals surface area contributed by atoms with Crippen molar-refractivity contribution in [3.8, 4) is 5.69 Å². The van der Waals surface area contributed by atoms with Crippen LogP contribution in [0.15, 0.2) is 36.0 Å². The Morgan fingerprint density at radius 1 is 1.18 bits per heavy atom. The van der Waals surface area contributed by atoms with E-state index in [4.69, 9.17) is 5.10 Å². The average molecular weight is 544 g/mol. The molecule has 1 heterocycles. The van der Waals surface area contributed by atoms with E-state index in [1.54, 1.807) is 0 Å². The van der Waals surface area contributed by atoms with Gasteiger partial charge in [-0.15, -0.1) is 0 Å². The maximum atomic E-state index is 13.4. The van der Waals surface area contributed by atoms with Crippen LogP contribution < -0.4 is 5.32 Å². The van der Waals surface area contributed by atoms with Crippen LogP contribution >= 0.6 is 0 Å². The third-order valence-electron chi connectivity index (χ3n) is 12.5. The molecular formula is C35H49N3O2. The molecule has 0 radical (unpaired) electrons. The second kappa shape index (κ2) is 9.86. The molecule has 4 aliphatic rings. The maximum absolute atomic E-state index is 13.4. The number of hydrogen-bond donors (Lipinski definition) is 2. The second-order valence-corrected chi connectivity index (χ2v) is 14.2. The molecule has 0 amide bonds. The molecule has 3 saturated carbocycles. The van der Waals surface area contributed by atoms with E-state index in [1.165, 1.54) is 29.7 Å². The number of allylic oxidation sites excluding steroid dienone is 1. The van der Waals surface area contributed by atoms with Crippen molar-refractivity contribution in [3.63, 3.8) is 0 Å². The van der Waals surface area contributed by atoms with Crippen LogP contribution in [0.3, 0.4) is 0 Å². The summed E-state index contributed by atoms with van der Waals surface area (Å²) in [7, 11) is 0. The number of rotatable bonds is 7. The summed E-state index contributed by atoms with van der Waals surface area (Å²) in [5.41, 5.74) is 5.63. The summed E-state index contributed by atoms with van der Waals surface area (Å²) in [5, 5.41) is 20.3. The zero-order valence-corrected chi connectivity index (χ0v) is 25.5. The van der Waals surface area contributed by atoms with E-state index in [9.17, 15) is 9.90 Å². The van der Waals surface area contributed by atoms with Gasteiger partial charge in [0.2, 0.25) is 0 Å². The molecule has 8 atom stereocenters. The van der Waals surface area contributed by atoms with Gasteiger partial charge in [0.05, 0.1) is 23.7 Å². The number of nitrogens with one attached hydrogen (secondary N) is 1. The monoisotopic (exact) mass is 543 g/mol. The number of unbranched alkanes of at least 4 members (excludes halogenated alkanes) is 1. The lowest BCUT2D eigenvalue weighted by atomic mass is 9.44. The number of fused-ring (bicyclic) bond motifs is 6. The van der Waals surface area contributed by atoms with Crippen molar-refractivity contribution < 1.29 is 9.90 Å². The summed E-state index contributed by atoms with van der Waals surface area (Å²) < 4.78 is 2.10. The molecule has 0 spiro atoms. The SMILES string of the molecule is CCCCNc1ccc(-n2ncc3c2C=C2CC[C@@H]4[C@H]([C@@H](O)C[C@@]5(C)[C@H]4C[C@@H](C)[C@]5(C)C(=O)CC)[C@@]2(C)C3)cc1. The van der Waals surface area contributed by atoms with E-state index in [1.807, 2.05) is 6.92 Å². The first kappa shape index (κ1) is 27.8. The van der Waals surface area contributed by atoms with Crippen LogP contribution in [0.4, 0.5) is 5.69 Å². The molecule has 0 bridgehead atoms. The zero-order valence-electron chi connectivity index (χ0n) is 25.5. The summed E-state index contributed by atoms with van der Waals surface area (Å²) >= 11 is 0. The first-order chi connectivity index (χ1) is 19.1. The highest BCUT2D eigenvalue weighted by Crippen LogP contribution is 2.71. The second-order valence-electron chi connectivity index (χ2n) is 14.2. The van der Waals surface area contributed by atoms with E-state index in [0.717, 1.165) is 50.0 Å². The van der Waals surface area contributed by atoms with Gasteiger partial charge in [-0.05, 0) is 109 Å². The molecule has 0 unspecified atom stereocenters. The Morgan fingerprint density at radius 2 is 1.93 bits per heavy atom. The summed E-state index contributed by atoms with van der Waals surface area (Å²) in [6.07, 6.45) is 11.9. The van der Waals surface area contributed by atoms with Gasteiger partial charge in [-0.1, -0.05) is 53.5 Å². The molecule has 2 aromatic rings. The van der Waals surface area contributed by atoms with Gasteiger partial charge in [-0.25, -0.2) is 4.68 Å². The minimum absolute atomic E-state index is 0.0748. The smallest absolute Gasteiger partial charge is 0.139 e. The quantitative estimate of drug-likeness (QED) is 0.356. The number of aromatic nitrogens is 2. The zero-order chi connectivity index (χ0) is 28.4. The van der Waals surface area contributed by atoms with Crippen LogP contribution in [0, 0.1) is 39.9 Å². The van der Waals surface area contributed by atoms with Crippen molar-refractivity contribution in [1.82, 2.24) is 9.78 Å². The molecule has 5 heteroatoms. The topological polar surface area (TPSA) is 67.2 Å². The van der Waals surface area contributed by atoms with Gasteiger partial charge in [0.25, 0.3) is 0 Å². The molecule has 1 aromatic carbocycles. The van der Waals surface area contributed by atoms with Crippen LogP contribution in [0.2, 0.25) is 0 Å². The molecule has 0 aliphatic heterocycles. The lowest BCUT2D eigenvalue weighted by molar-refractivity contribution is -0.158. The Kier molecular flexibility index (Phi) is 6.84. The highest BCUT2D eigenvalue weighted by molar-refractivity contribution is 5.86. The predicted octanol–water partition coefficient (Wildman–Crippen LogP) is 7.47. The minimum Gasteiger partial charge on any atom is -0.393 e. The summed E-state index contributed by atoms with van der Waals surface area (Å²) in [4.78, 5) is 13.4. The highest BCUT2D eigenvalue weighted by Gasteiger charge is 2.68. The van der Waals surface area contributed by atoms with Crippen molar-refractivity contribution in [2.75, 3.05) is 11.9 Å².